The number of nitriles is 1. The largest absolute Gasteiger partial charge is 0.360 e. The van der Waals surface area contributed by atoms with Crippen molar-refractivity contribution in [3.05, 3.63) is 35.5 Å². The molecule has 2 rings (SSSR count). The molecule has 0 aliphatic rings. The van der Waals surface area contributed by atoms with Crippen LogP contribution >= 0.6 is 0 Å². The fraction of sp³-hybridized carbons (Fsp3) is 0.0909. The number of amides is 1. The number of hydrogen-bond acceptors (Lipinski definition) is 3. The highest BCUT2D eigenvalue weighted by molar-refractivity contribution is 6.06. The summed E-state index contributed by atoms with van der Waals surface area (Å²) < 4.78 is 0. The minimum absolute atomic E-state index is 0.290. The van der Waals surface area contributed by atoms with Gasteiger partial charge in [-0.15, -0.1) is 0 Å². The Labute approximate surface area is 92.0 Å². The second kappa shape index (κ2) is 3.68. The fourth-order valence-corrected chi connectivity index (χ4v) is 1.56. The van der Waals surface area contributed by atoms with E-state index >= 15 is 0 Å². The van der Waals surface area contributed by atoms with Crippen LogP contribution in [0.5, 0.6) is 0 Å². The molecule has 2 aromatic rings. The lowest BCUT2D eigenvalue weighted by molar-refractivity contribution is 0.0797. The third-order valence-corrected chi connectivity index (χ3v) is 2.36. The summed E-state index contributed by atoms with van der Waals surface area (Å²) in [6, 6.07) is 7.16. The number of nitrogens with zero attached hydrogens (tertiary/aromatic N) is 2. The van der Waals surface area contributed by atoms with Crippen molar-refractivity contribution >= 4 is 16.8 Å². The first kappa shape index (κ1) is 10.2. The molecule has 0 unspecified atom stereocenters. The molecule has 16 heavy (non-hydrogen) atoms. The van der Waals surface area contributed by atoms with E-state index in [4.69, 9.17) is 11.1 Å². The van der Waals surface area contributed by atoms with Crippen molar-refractivity contribution in [2.24, 2.45) is 5.84 Å². The lowest BCUT2D eigenvalue weighted by Crippen LogP contribution is -2.32. The number of aromatic nitrogens is 1. The Morgan fingerprint density at radius 1 is 1.56 bits per heavy atom. The van der Waals surface area contributed by atoms with Crippen LogP contribution in [-0.4, -0.2) is 22.9 Å². The molecule has 1 aromatic carbocycles. The normalized spacial score (nSPS) is 10.1. The molecule has 0 aliphatic heterocycles. The number of fused-ring (bicyclic) bond motifs is 1. The third kappa shape index (κ3) is 1.51. The van der Waals surface area contributed by atoms with E-state index in [9.17, 15) is 4.79 Å². The fourth-order valence-electron chi connectivity index (χ4n) is 1.56. The van der Waals surface area contributed by atoms with E-state index in [0.717, 1.165) is 10.5 Å². The Morgan fingerprint density at radius 3 is 2.94 bits per heavy atom. The molecule has 1 amide bonds. The lowest BCUT2D eigenvalue weighted by Gasteiger charge is -2.08. The van der Waals surface area contributed by atoms with E-state index in [1.807, 2.05) is 6.07 Å². The van der Waals surface area contributed by atoms with Crippen molar-refractivity contribution in [2.45, 2.75) is 0 Å². The van der Waals surface area contributed by atoms with Gasteiger partial charge in [0.1, 0.15) is 0 Å². The van der Waals surface area contributed by atoms with E-state index in [1.54, 1.807) is 24.4 Å². The highest BCUT2D eigenvalue weighted by Gasteiger charge is 2.14. The van der Waals surface area contributed by atoms with Gasteiger partial charge in [-0.3, -0.25) is 9.80 Å². The van der Waals surface area contributed by atoms with Crippen molar-refractivity contribution in [1.29, 1.82) is 5.26 Å². The van der Waals surface area contributed by atoms with Gasteiger partial charge in [-0.1, -0.05) is 0 Å². The number of nitrogens with one attached hydrogen (secondary N) is 1. The molecule has 0 atom stereocenters. The maximum absolute atomic E-state index is 11.7. The number of benzene rings is 1. The molecule has 80 valence electrons. The van der Waals surface area contributed by atoms with Crippen LogP contribution in [0.25, 0.3) is 10.9 Å². The van der Waals surface area contributed by atoms with Crippen molar-refractivity contribution < 1.29 is 4.79 Å². The van der Waals surface area contributed by atoms with Gasteiger partial charge < -0.3 is 4.98 Å². The minimum Gasteiger partial charge on any atom is -0.360 e. The lowest BCUT2D eigenvalue weighted by atomic mass is 10.1. The third-order valence-electron chi connectivity index (χ3n) is 2.36. The number of nitrogens with two attached hydrogens (primary N) is 1. The Balaban J connectivity index is 2.64. The van der Waals surface area contributed by atoms with E-state index in [-0.39, 0.29) is 5.91 Å². The van der Waals surface area contributed by atoms with Crippen molar-refractivity contribution in [2.75, 3.05) is 7.05 Å². The first-order valence-corrected chi connectivity index (χ1v) is 4.67. The molecule has 0 radical (unpaired) electrons. The van der Waals surface area contributed by atoms with E-state index in [0.29, 0.717) is 16.5 Å². The Hall–Kier alpha value is -2.32. The van der Waals surface area contributed by atoms with Gasteiger partial charge in [-0.25, -0.2) is 5.84 Å². The topological polar surface area (TPSA) is 85.9 Å². The predicted octanol–water partition coefficient (Wildman–Crippen LogP) is 0.985. The molecule has 5 nitrogen and oxygen atoms in total. The van der Waals surface area contributed by atoms with Crippen LogP contribution in [-0.2, 0) is 0 Å². The first-order valence-electron chi connectivity index (χ1n) is 4.67. The molecule has 0 spiro atoms. The SMILES string of the molecule is CN(N)C(=O)c1c[nH]c2ccc(C#N)cc12. The maximum atomic E-state index is 11.7. The van der Waals surface area contributed by atoms with Crippen LogP contribution in [0.3, 0.4) is 0 Å². The second-order valence-corrected chi connectivity index (χ2v) is 3.49. The Kier molecular flexibility index (Phi) is 2.35. The quantitative estimate of drug-likeness (QED) is 0.421. The first-order chi connectivity index (χ1) is 7.63. The number of carbonyl (C=O) groups excluding carboxylic acids is 1. The number of rotatable bonds is 1. The highest BCUT2D eigenvalue weighted by atomic mass is 16.2. The van der Waals surface area contributed by atoms with Crippen LogP contribution in [0, 0.1) is 11.3 Å². The van der Waals surface area contributed by atoms with Gasteiger partial charge in [0, 0.05) is 24.1 Å². The maximum Gasteiger partial charge on any atom is 0.269 e. The molecule has 5 heteroatoms. The van der Waals surface area contributed by atoms with Gasteiger partial charge in [-0.2, -0.15) is 5.26 Å². The number of carbonyl (C=O) groups is 1. The molecule has 0 saturated carbocycles. The standard InChI is InChI=1S/C11H10N4O/c1-15(13)11(16)9-6-14-10-3-2-7(5-12)4-8(9)10/h2-4,6,14H,13H2,1H3. The minimum atomic E-state index is -0.290. The van der Waals surface area contributed by atoms with Gasteiger partial charge in [0.15, 0.2) is 0 Å². The molecule has 0 aliphatic carbocycles. The summed E-state index contributed by atoms with van der Waals surface area (Å²) in [5.41, 5.74) is 1.79. The van der Waals surface area contributed by atoms with Crippen LogP contribution in [0.2, 0.25) is 0 Å². The summed E-state index contributed by atoms with van der Waals surface area (Å²) in [4.78, 5) is 14.7. The summed E-state index contributed by atoms with van der Waals surface area (Å²) in [7, 11) is 1.48. The van der Waals surface area contributed by atoms with Gasteiger partial charge >= 0.3 is 0 Å². The van der Waals surface area contributed by atoms with Crippen LogP contribution in [0.4, 0.5) is 0 Å². The summed E-state index contributed by atoms with van der Waals surface area (Å²) in [5.74, 6) is 5.10. The van der Waals surface area contributed by atoms with Gasteiger partial charge in [0.2, 0.25) is 0 Å². The van der Waals surface area contributed by atoms with Gasteiger partial charge in [-0.05, 0) is 18.2 Å². The highest BCUT2D eigenvalue weighted by Crippen LogP contribution is 2.20. The van der Waals surface area contributed by atoms with E-state index < -0.39 is 0 Å². The van der Waals surface area contributed by atoms with E-state index in [1.165, 1.54) is 7.05 Å². The van der Waals surface area contributed by atoms with Crippen molar-refractivity contribution in [3.8, 4) is 6.07 Å². The van der Waals surface area contributed by atoms with Crippen LogP contribution in [0.1, 0.15) is 15.9 Å². The monoisotopic (exact) mass is 214 g/mol. The van der Waals surface area contributed by atoms with Gasteiger partial charge in [0.05, 0.1) is 17.2 Å². The zero-order chi connectivity index (χ0) is 11.7. The molecule has 1 heterocycles. The van der Waals surface area contributed by atoms with Crippen LogP contribution in [0.15, 0.2) is 24.4 Å². The Bertz CT molecular complexity index is 592. The molecular weight excluding hydrogens is 204 g/mol. The second-order valence-electron chi connectivity index (χ2n) is 3.49. The molecular formula is C11H10N4O. The van der Waals surface area contributed by atoms with Crippen molar-refractivity contribution in [1.82, 2.24) is 9.99 Å². The Morgan fingerprint density at radius 2 is 2.31 bits per heavy atom. The molecule has 1 aromatic heterocycles. The number of hydrazine groups is 1. The van der Waals surface area contributed by atoms with Gasteiger partial charge in [0.25, 0.3) is 5.91 Å². The molecule has 0 fully saturated rings. The number of aromatic amines is 1. The molecule has 3 N–H and O–H groups in total. The average Bonchev–Trinajstić information content (AvgIpc) is 2.70. The average molecular weight is 214 g/mol. The summed E-state index contributed by atoms with van der Waals surface area (Å²) >= 11 is 0. The van der Waals surface area contributed by atoms with Crippen LogP contribution < -0.4 is 5.84 Å². The smallest absolute Gasteiger partial charge is 0.269 e. The number of H-pyrrole nitrogens is 1. The molecule has 0 saturated heterocycles. The summed E-state index contributed by atoms with van der Waals surface area (Å²) in [6.07, 6.45) is 1.59. The summed E-state index contributed by atoms with van der Waals surface area (Å²) in [6.45, 7) is 0. The molecule has 0 bridgehead atoms. The van der Waals surface area contributed by atoms with Crippen molar-refractivity contribution in [3.63, 3.8) is 0 Å². The summed E-state index contributed by atoms with van der Waals surface area (Å²) in [5, 5.41) is 10.5. The zero-order valence-corrected chi connectivity index (χ0v) is 8.69. The zero-order valence-electron chi connectivity index (χ0n) is 8.69. The number of hydrogen-bond donors (Lipinski definition) is 2. The predicted molar refractivity (Wildman–Crippen MR) is 59.3 cm³/mol. The van der Waals surface area contributed by atoms with E-state index in [2.05, 4.69) is 4.98 Å².